The summed E-state index contributed by atoms with van der Waals surface area (Å²) in [5, 5.41) is 11.7. The third-order valence-electron chi connectivity index (χ3n) is 4.42. The molecule has 0 bridgehead atoms. The number of hydrogen-bond acceptors (Lipinski definition) is 5. The number of fused-ring (bicyclic) bond motifs is 1. The average Bonchev–Trinajstić information content (AvgIpc) is 3.27. The first-order chi connectivity index (χ1) is 12.6. The Hall–Kier alpha value is -3.53. The topological polar surface area (TPSA) is 91.7 Å². The number of nitriles is 1. The van der Waals surface area contributed by atoms with Crippen LogP contribution in [-0.2, 0) is 9.59 Å². The molecule has 7 nitrogen and oxygen atoms in total. The van der Waals surface area contributed by atoms with E-state index < -0.39 is 5.92 Å². The molecular weight excluding hydrogens is 334 g/mol. The molecule has 1 atom stereocenters. The molecule has 2 aliphatic heterocycles. The highest BCUT2D eigenvalue weighted by Gasteiger charge is 2.35. The first-order valence-electron chi connectivity index (χ1n) is 8.15. The number of carbonyl (C=O) groups is 2. The van der Waals surface area contributed by atoms with Crippen molar-refractivity contribution < 1.29 is 19.1 Å². The maximum Gasteiger partial charge on any atom is 0.231 e. The number of amides is 2. The fourth-order valence-corrected chi connectivity index (χ4v) is 3.10. The van der Waals surface area contributed by atoms with Crippen molar-refractivity contribution >= 4 is 23.2 Å². The quantitative estimate of drug-likeness (QED) is 0.918. The average molecular weight is 349 g/mol. The van der Waals surface area contributed by atoms with E-state index in [9.17, 15) is 9.59 Å². The Morgan fingerprint density at radius 2 is 2.04 bits per heavy atom. The van der Waals surface area contributed by atoms with Gasteiger partial charge < -0.3 is 19.7 Å². The van der Waals surface area contributed by atoms with E-state index in [-0.39, 0.29) is 25.0 Å². The summed E-state index contributed by atoms with van der Waals surface area (Å²) in [4.78, 5) is 26.5. The van der Waals surface area contributed by atoms with Crippen molar-refractivity contribution in [2.75, 3.05) is 23.6 Å². The van der Waals surface area contributed by atoms with Gasteiger partial charge in [-0.15, -0.1) is 0 Å². The fraction of sp³-hybridized carbons (Fsp3) is 0.211. The molecule has 26 heavy (non-hydrogen) atoms. The number of carbonyl (C=O) groups excluding carboxylic acids is 2. The lowest BCUT2D eigenvalue weighted by molar-refractivity contribution is -0.122. The van der Waals surface area contributed by atoms with Crippen molar-refractivity contribution in [2.45, 2.75) is 6.42 Å². The van der Waals surface area contributed by atoms with E-state index in [1.807, 2.05) is 6.07 Å². The van der Waals surface area contributed by atoms with Crippen molar-refractivity contribution in [1.29, 1.82) is 5.26 Å². The monoisotopic (exact) mass is 349 g/mol. The number of benzene rings is 2. The van der Waals surface area contributed by atoms with Crippen LogP contribution in [-0.4, -0.2) is 25.2 Å². The van der Waals surface area contributed by atoms with E-state index >= 15 is 0 Å². The van der Waals surface area contributed by atoms with E-state index in [0.29, 0.717) is 35.0 Å². The lowest BCUT2D eigenvalue weighted by Crippen LogP contribution is -2.28. The van der Waals surface area contributed by atoms with Crippen molar-refractivity contribution in [3.05, 3.63) is 48.0 Å². The molecule has 1 unspecified atom stereocenters. The van der Waals surface area contributed by atoms with Crippen LogP contribution < -0.4 is 19.7 Å². The summed E-state index contributed by atoms with van der Waals surface area (Å²) in [6.45, 7) is 0.460. The number of nitrogens with zero attached hydrogens (tertiary/aromatic N) is 2. The van der Waals surface area contributed by atoms with E-state index in [4.69, 9.17) is 14.7 Å². The van der Waals surface area contributed by atoms with Crippen LogP contribution in [0.1, 0.15) is 12.0 Å². The second-order valence-electron chi connectivity index (χ2n) is 6.12. The summed E-state index contributed by atoms with van der Waals surface area (Å²) in [6, 6.07) is 14.0. The molecule has 2 aromatic carbocycles. The molecule has 2 aromatic rings. The van der Waals surface area contributed by atoms with Gasteiger partial charge in [-0.05, 0) is 30.3 Å². The summed E-state index contributed by atoms with van der Waals surface area (Å²) < 4.78 is 10.6. The molecular formula is C19H15N3O4. The second-order valence-corrected chi connectivity index (χ2v) is 6.12. The Bertz CT molecular complexity index is 935. The maximum atomic E-state index is 12.5. The summed E-state index contributed by atoms with van der Waals surface area (Å²) in [5.74, 6) is 0.425. The van der Waals surface area contributed by atoms with E-state index in [1.165, 1.54) is 0 Å². The number of ether oxygens (including phenoxy) is 2. The van der Waals surface area contributed by atoms with Gasteiger partial charge in [-0.25, -0.2) is 0 Å². The molecule has 0 radical (unpaired) electrons. The van der Waals surface area contributed by atoms with Crippen molar-refractivity contribution in [3.8, 4) is 17.6 Å². The Morgan fingerprint density at radius 3 is 2.88 bits per heavy atom. The molecule has 2 amide bonds. The van der Waals surface area contributed by atoms with Crippen molar-refractivity contribution in [3.63, 3.8) is 0 Å². The minimum Gasteiger partial charge on any atom is -0.454 e. The van der Waals surface area contributed by atoms with Gasteiger partial charge in [0.1, 0.15) is 0 Å². The van der Waals surface area contributed by atoms with E-state index in [2.05, 4.69) is 5.32 Å². The highest BCUT2D eigenvalue weighted by Crippen LogP contribution is 2.37. The largest absolute Gasteiger partial charge is 0.454 e. The van der Waals surface area contributed by atoms with Crippen LogP contribution in [0.5, 0.6) is 11.5 Å². The van der Waals surface area contributed by atoms with E-state index in [0.717, 1.165) is 0 Å². The Balaban J connectivity index is 1.47. The normalized spacial score (nSPS) is 17.9. The first-order valence-corrected chi connectivity index (χ1v) is 8.15. The zero-order valence-electron chi connectivity index (χ0n) is 13.8. The SMILES string of the molecule is N#Cc1cccc(NC(=O)C2CC(=O)N(c3ccc4c(c3)OCO4)C2)c1. The van der Waals surface area contributed by atoms with Gasteiger partial charge in [0.05, 0.1) is 17.6 Å². The van der Waals surface area contributed by atoms with Crippen LogP contribution in [0.2, 0.25) is 0 Å². The predicted molar refractivity (Wildman–Crippen MR) is 92.8 cm³/mol. The minimum absolute atomic E-state index is 0.116. The first kappa shape index (κ1) is 16.0. The van der Waals surface area contributed by atoms with Gasteiger partial charge in [-0.1, -0.05) is 6.07 Å². The van der Waals surface area contributed by atoms with Crippen LogP contribution >= 0.6 is 0 Å². The lowest BCUT2D eigenvalue weighted by Gasteiger charge is -2.17. The lowest BCUT2D eigenvalue weighted by atomic mass is 10.1. The van der Waals surface area contributed by atoms with Crippen LogP contribution in [0.15, 0.2) is 42.5 Å². The summed E-state index contributed by atoms with van der Waals surface area (Å²) in [5.41, 5.74) is 1.69. The Labute approximate surface area is 149 Å². The van der Waals surface area contributed by atoms with Crippen molar-refractivity contribution in [1.82, 2.24) is 0 Å². The number of anilines is 2. The second kappa shape index (κ2) is 6.41. The smallest absolute Gasteiger partial charge is 0.231 e. The molecule has 1 saturated heterocycles. The third kappa shape index (κ3) is 2.93. The standard InChI is InChI=1S/C19H15N3O4/c20-9-12-2-1-3-14(6-12)21-19(24)13-7-18(23)22(10-13)15-4-5-16-17(8-15)26-11-25-16/h1-6,8,13H,7,10-11H2,(H,21,24). The van der Waals surface area contributed by atoms with Gasteiger partial charge in [0, 0.05) is 30.4 Å². The van der Waals surface area contributed by atoms with Crippen LogP contribution in [0.25, 0.3) is 0 Å². The molecule has 130 valence electrons. The molecule has 0 spiro atoms. The van der Waals surface area contributed by atoms with E-state index in [1.54, 1.807) is 47.4 Å². The minimum atomic E-state index is -0.460. The third-order valence-corrected chi connectivity index (χ3v) is 4.42. The summed E-state index contributed by atoms with van der Waals surface area (Å²) in [7, 11) is 0. The van der Waals surface area contributed by atoms with Crippen LogP contribution in [0.4, 0.5) is 11.4 Å². The zero-order valence-corrected chi connectivity index (χ0v) is 13.8. The maximum absolute atomic E-state index is 12.5. The molecule has 1 fully saturated rings. The molecule has 1 N–H and O–H groups in total. The zero-order chi connectivity index (χ0) is 18.1. The van der Waals surface area contributed by atoms with Gasteiger partial charge in [0.25, 0.3) is 0 Å². The van der Waals surface area contributed by atoms with Crippen molar-refractivity contribution in [2.24, 2.45) is 5.92 Å². The molecule has 7 heteroatoms. The summed E-state index contributed by atoms with van der Waals surface area (Å²) in [6.07, 6.45) is 0.137. The Kier molecular flexibility index (Phi) is 3.93. The number of nitrogens with one attached hydrogen (secondary N) is 1. The van der Waals surface area contributed by atoms with Gasteiger partial charge in [0.2, 0.25) is 18.6 Å². The number of rotatable bonds is 3. The molecule has 4 rings (SSSR count). The van der Waals surface area contributed by atoms with Gasteiger partial charge in [0.15, 0.2) is 11.5 Å². The molecule has 2 aliphatic rings. The molecule has 2 heterocycles. The molecule has 0 aromatic heterocycles. The van der Waals surface area contributed by atoms with Gasteiger partial charge in [-0.3, -0.25) is 9.59 Å². The van der Waals surface area contributed by atoms with Crippen LogP contribution in [0.3, 0.4) is 0 Å². The number of hydrogen-bond donors (Lipinski definition) is 1. The van der Waals surface area contributed by atoms with Gasteiger partial charge >= 0.3 is 0 Å². The Morgan fingerprint density at radius 1 is 1.19 bits per heavy atom. The van der Waals surface area contributed by atoms with Crippen LogP contribution in [0, 0.1) is 17.2 Å². The predicted octanol–water partition coefficient (Wildman–Crippen LogP) is 2.28. The highest BCUT2D eigenvalue weighted by atomic mass is 16.7. The molecule has 0 aliphatic carbocycles. The highest BCUT2D eigenvalue weighted by molar-refractivity contribution is 6.03. The molecule has 0 saturated carbocycles. The fourth-order valence-electron chi connectivity index (χ4n) is 3.10. The summed E-state index contributed by atoms with van der Waals surface area (Å²) >= 11 is 0. The van der Waals surface area contributed by atoms with Gasteiger partial charge in [-0.2, -0.15) is 5.26 Å².